The van der Waals surface area contributed by atoms with Crippen molar-refractivity contribution in [2.24, 2.45) is 0 Å². The molecule has 0 fully saturated rings. The highest BCUT2D eigenvalue weighted by Gasteiger charge is 2.47. The van der Waals surface area contributed by atoms with Crippen molar-refractivity contribution in [1.29, 1.82) is 0 Å². The number of fused-ring (bicyclic) bond motifs is 9. The van der Waals surface area contributed by atoms with Gasteiger partial charge in [0.15, 0.2) is 11.8 Å². The molecule has 0 saturated heterocycles. The van der Waals surface area contributed by atoms with Gasteiger partial charge in [-0.15, -0.1) is 0 Å². The molecule has 0 radical (unpaired) electrons. The van der Waals surface area contributed by atoms with Gasteiger partial charge < -0.3 is 15.5 Å². The van der Waals surface area contributed by atoms with Gasteiger partial charge in [0.2, 0.25) is 0 Å². The second-order valence-electron chi connectivity index (χ2n) is 8.82. The van der Waals surface area contributed by atoms with Crippen LogP contribution in [0.15, 0.2) is 48.0 Å². The number of anilines is 1. The number of H-pyrrole nitrogens is 1. The molecule has 6 rings (SSSR count). The molecular weight excluding hydrogens is 372 g/mol. The Hall–Kier alpha value is -3.14. The normalized spacial score (nSPS) is 20.3. The Kier molecular flexibility index (Phi) is 3.79. The zero-order valence-electron chi connectivity index (χ0n) is 17.1. The van der Waals surface area contributed by atoms with Crippen LogP contribution in [-0.2, 0) is 12.8 Å². The summed E-state index contributed by atoms with van der Waals surface area (Å²) in [7, 11) is 0. The van der Waals surface area contributed by atoms with Crippen molar-refractivity contribution < 1.29 is 10.2 Å². The first-order valence-electron chi connectivity index (χ1n) is 11.0. The lowest BCUT2D eigenvalue weighted by Gasteiger charge is -2.29. The Morgan fingerprint density at radius 1 is 1.03 bits per heavy atom. The first kappa shape index (κ1) is 17.7. The number of hydrogen-bond acceptors (Lipinski definition) is 3. The van der Waals surface area contributed by atoms with Gasteiger partial charge in [-0.25, -0.2) is 0 Å². The van der Waals surface area contributed by atoms with Gasteiger partial charge >= 0.3 is 0 Å². The maximum absolute atomic E-state index is 10.8. The summed E-state index contributed by atoms with van der Waals surface area (Å²) >= 11 is 0. The fourth-order valence-electron chi connectivity index (χ4n) is 5.76. The van der Waals surface area contributed by atoms with Gasteiger partial charge in [0.25, 0.3) is 0 Å². The number of para-hydroxylation sites is 1. The SMILES string of the molecule is CCCCCc1ccc2c(c1)C1=C(C2)C2Nc3ccccc3C2c2c(O)[nH]c(O)c21. The third-order valence-corrected chi connectivity index (χ3v) is 7.09. The van der Waals surface area contributed by atoms with E-state index < -0.39 is 0 Å². The number of aromatic amines is 1. The molecule has 0 bridgehead atoms. The summed E-state index contributed by atoms with van der Waals surface area (Å²) < 4.78 is 0. The molecule has 4 heteroatoms. The Balaban J connectivity index is 1.52. The predicted octanol–water partition coefficient (Wildman–Crippen LogP) is 5.46. The van der Waals surface area contributed by atoms with Crippen molar-refractivity contribution in [2.75, 3.05) is 5.32 Å². The highest BCUT2D eigenvalue weighted by atomic mass is 16.3. The fraction of sp³-hybridized carbons (Fsp3) is 0.308. The Labute approximate surface area is 176 Å². The van der Waals surface area contributed by atoms with Gasteiger partial charge in [-0.1, -0.05) is 56.2 Å². The van der Waals surface area contributed by atoms with Crippen LogP contribution in [0.4, 0.5) is 5.69 Å². The number of aromatic nitrogens is 1. The maximum atomic E-state index is 10.8. The summed E-state index contributed by atoms with van der Waals surface area (Å²) in [6.45, 7) is 2.23. The predicted molar refractivity (Wildman–Crippen MR) is 119 cm³/mol. The molecule has 2 aromatic carbocycles. The first-order valence-corrected chi connectivity index (χ1v) is 11.0. The van der Waals surface area contributed by atoms with Crippen LogP contribution in [0.3, 0.4) is 0 Å². The van der Waals surface area contributed by atoms with Crippen LogP contribution in [0.25, 0.3) is 5.57 Å². The van der Waals surface area contributed by atoms with Crippen LogP contribution in [0.1, 0.15) is 65.5 Å². The largest absolute Gasteiger partial charge is 0.494 e. The molecule has 4 nitrogen and oxygen atoms in total. The minimum Gasteiger partial charge on any atom is -0.494 e. The van der Waals surface area contributed by atoms with E-state index >= 15 is 0 Å². The number of hydrogen-bond donors (Lipinski definition) is 4. The van der Waals surface area contributed by atoms with Crippen LogP contribution >= 0.6 is 0 Å². The topological polar surface area (TPSA) is 68.3 Å². The zero-order chi connectivity index (χ0) is 20.4. The first-order chi connectivity index (χ1) is 14.7. The van der Waals surface area contributed by atoms with Gasteiger partial charge in [0.05, 0.1) is 11.6 Å². The Morgan fingerprint density at radius 2 is 1.90 bits per heavy atom. The molecule has 2 atom stereocenters. The van der Waals surface area contributed by atoms with Gasteiger partial charge in [-0.2, -0.15) is 0 Å². The third kappa shape index (κ3) is 2.33. The molecule has 4 N–H and O–H groups in total. The van der Waals surface area contributed by atoms with E-state index in [1.807, 2.05) is 12.1 Å². The number of nitrogens with one attached hydrogen (secondary N) is 2. The number of unbranched alkanes of at least 4 members (excludes halogenated alkanes) is 2. The summed E-state index contributed by atoms with van der Waals surface area (Å²) in [6, 6.07) is 15.2. The van der Waals surface area contributed by atoms with E-state index in [2.05, 4.69) is 47.6 Å². The highest BCUT2D eigenvalue weighted by molar-refractivity contribution is 5.95. The molecule has 0 saturated carbocycles. The second kappa shape index (κ2) is 6.43. The van der Waals surface area contributed by atoms with E-state index in [0.29, 0.717) is 0 Å². The molecular formula is C26H26N2O2. The monoisotopic (exact) mass is 398 g/mol. The standard InChI is InChI=1S/C26H26N2O2/c1-2-3-4-7-14-10-11-15-13-18-20(17(15)12-14)22-23(26(30)28-25(22)29)21-16-8-5-6-9-19(16)27-24(18)21/h5-6,8-12,21,24,27-30H,2-4,7,13H2,1H3. The maximum Gasteiger partial charge on any atom is 0.199 e. The molecule has 1 aromatic heterocycles. The molecule has 3 aromatic rings. The lowest BCUT2D eigenvalue weighted by Crippen LogP contribution is -2.28. The molecule has 2 heterocycles. The Bertz CT molecular complexity index is 1200. The van der Waals surface area contributed by atoms with Gasteiger partial charge in [-0.05, 0) is 58.7 Å². The van der Waals surface area contributed by atoms with Gasteiger partial charge in [-0.3, -0.25) is 4.98 Å². The zero-order valence-corrected chi connectivity index (χ0v) is 17.1. The van der Waals surface area contributed by atoms with Crippen molar-refractivity contribution >= 4 is 11.3 Å². The lowest BCUT2D eigenvalue weighted by atomic mass is 9.75. The Morgan fingerprint density at radius 3 is 2.77 bits per heavy atom. The average Bonchev–Trinajstić information content (AvgIpc) is 3.39. The molecule has 2 unspecified atom stereocenters. The van der Waals surface area contributed by atoms with Crippen LogP contribution in [0.2, 0.25) is 0 Å². The van der Waals surface area contributed by atoms with Crippen molar-refractivity contribution in [1.82, 2.24) is 4.98 Å². The molecule has 152 valence electrons. The molecule has 3 aliphatic rings. The van der Waals surface area contributed by atoms with Crippen LogP contribution in [0, 0.1) is 0 Å². The molecule has 0 spiro atoms. The van der Waals surface area contributed by atoms with E-state index in [1.54, 1.807) is 0 Å². The van der Waals surface area contributed by atoms with E-state index in [-0.39, 0.29) is 23.7 Å². The third-order valence-electron chi connectivity index (χ3n) is 7.09. The minimum absolute atomic E-state index is 0.00503. The summed E-state index contributed by atoms with van der Waals surface area (Å²) in [5.41, 5.74) is 10.2. The summed E-state index contributed by atoms with van der Waals surface area (Å²) in [6.07, 6.45) is 5.62. The smallest absolute Gasteiger partial charge is 0.199 e. The summed E-state index contributed by atoms with van der Waals surface area (Å²) in [5, 5.41) is 25.3. The van der Waals surface area contributed by atoms with E-state index in [1.165, 1.54) is 47.1 Å². The van der Waals surface area contributed by atoms with Crippen LogP contribution in [-0.4, -0.2) is 21.2 Å². The molecule has 2 aliphatic carbocycles. The quantitative estimate of drug-likeness (QED) is 0.441. The van der Waals surface area contributed by atoms with Crippen molar-refractivity contribution in [3.05, 3.63) is 81.4 Å². The number of rotatable bonds is 4. The summed E-state index contributed by atoms with van der Waals surface area (Å²) in [5.74, 6) is 0.155. The molecule has 30 heavy (non-hydrogen) atoms. The van der Waals surface area contributed by atoms with Gasteiger partial charge in [0, 0.05) is 17.2 Å². The van der Waals surface area contributed by atoms with Crippen molar-refractivity contribution in [3.63, 3.8) is 0 Å². The average molecular weight is 399 g/mol. The fourth-order valence-corrected chi connectivity index (χ4v) is 5.76. The summed E-state index contributed by atoms with van der Waals surface area (Å²) in [4.78, 5) is 2.81. The minimum atomic E-state index is 0.00503. The van der Waals surface area contributed by atoms with E-state index in [9.17, 15) is 10.2 Å². The van der Waals surface area contributed by atoms with Crippen molar-refractivity contribution in [2.45, 2.75) is 51.0 Å². The number of aryl methyl sites for hydroxylation is 1. The van der Waals surface area contributed by atoms with E-state index in [4.69, 9.17) is 0 Å². The lowest BCUT2D eigenvalue weighted by molar-refractivity contribution is 0.422. The number of benzene rings is 2. The van der Waals surface area contributed by atoms with E-state index in [0.717, 1.165) is 35.2 Å². The van der Waals surface area contributed by atoms with Crippen LogP contribution in [0.5, 0.6) is 11.8 Å². The molecule has 0 amide bonds. The second-order valence-corrected chi connectivity index (χ2v) is 8.82. The van der Waals surface area contributed by atoms with Gasteiger partial charge in [0.1, 0.15) is 0 Å². The number of aromatic hydroxyl groups is 2. The highest BCUT2D eigenvalue weighted by Crippen LogP contribution is 2.58. The molecule has 1 aliphatic heterocycles. The van der Waals surface area contributed by atoms with Crippen LogP contribution < -0.4 is 5.32 Å². The van der Waals surface area contributed by atoms with Crippen molar-refractivity contribution in [3.8, 4) is 11.8 Å².